The van der Waals surface area contributed by atoms with Crippen molar-refractivity contribution >= 4 is 23.5 Å². The van der Waals surface area contributed by atoms with E-state index in [1.807, 2.05) is 19.9 Å². The average Bonchev–Trinajstić information content (AvgIpc) is 2.91. The van der Waals surface area contributed by atoms with Crippen LogP contribution in [0.1, 0.15) is 19.6 Å². The van der Waals surface area contributed by atoms with Crippen molar-refractivity contribution in [1.29, 1.82) is 0 Å². The number of carbonyl (C=O) groups is 1. The van der Waals surface area contributed by atoms with Gasteiger partial charge in [-0.1, -0.05) is 0 Å². The molecule has 0 unspecified atom stereocenters. The summed E-state index contributed by atoms with van der Waals surface area (Å²) in [6.45, 7) is 4.08. The third-order valence-corrected chi connectivity index (χ3v) is 2.41. The summed E-state index contributed by atoms with van der Waals surface area (Å²) in [5, 5.41) is 5.91. The molecule has 20 heavy (non-hydrogen) atoms. The van der Waals surface area contributed by atoms with E-state index in [1.54, 1.807) is 36.7 Å². The SMILES string of the molecule is CC(C)Nc1ccc(NC(=O)/C=C/c2ccco2)cn1. The number of pyridine rings is 1. The normalized spacial score (nSPS) is 10.9. The summed E-state index contributed by atoms with van der Waals surface area (Å²) in [7, 11) is 0. The zero-order chi connectivity index (χ0) is 14.4. The van der Waals surface area contributed by atoms with Crippen molar-refractivity contribution in [3.05, 3.63) is 48.6 Å². The maximum absolute atomic E-state index is 11.7. The molecule has 5 heteroatoms. The van der Waals surface area contributed by atoms with Crippen LogP contribution in [-0.2, 0) is 4.79 Å². The first-order valence-corrected chi connectivity index (χ1v) is 6.38. The first-order valence-electron chi connectivity index (χ1n) is 6.38. The maximum Gasteiger partial charge on any atom is 0.248 e. The Labute approximate surface area is 117 Å². The van der Waals surface area contributed by atoms with Crippen molar-refractivity contribution in [2.24, 2.45) is 0 Å². The highest BCUT2D eigenvalue weighted by atomic mass is 16.3. The smallest absolute Gasteiger partial charge is 0.248 e. The summed E-state index contributed by atoms with van der Waals surface area (Å²) >= 11 is 0. The number of carbonyl (C=O) groups excluding carboxylic acids is 1. The van der Waals surface area contributed by atoms with E-state index in [-0.39, 0.29) is 5.91 Å². The molecule has 2 rings (SSSR count). The van der Waals surface area contributed by atoms with Gasteiger partial charge in [0.1, 0.15) is 11.6 Å². The molecule has 0 radical (unpaired) electrons. The fourth-order valence-corrected chi connectivity index (χ4v) is 1.58. The van der Waals surface area contributed by atoms with Crippen LogP contribution < -0.4 is 10.6 Å². The molecule has 1 amide bonds. The van der Waals surface area contributed by atoms with Crippen LogP contribution in [0.3, 0.4) is 0 Å². The van der Waals surface area contributed by atoms with E-state index in [4.69, 9.17) is 4.42 Å². The Hall–Kier alpha value is -2.56. The zero-order valence-corrected chi connectivity index (χ0v) is 11.5. The van der Waals surface area contributed by atoms with Gasteiger partial charge in [-0.3, -0.25) is 4.79 Å². The highest BCUT2D eigenvalue weighted by Crippen LogP contribution is 2.11. The largest absolute Gasteiger partial charge is 0.465 e. The number of amides is 1. The van der Waals surface area contributed by atoms with E-state index in [0.717, 1.165) is 5.82 Å². The van der Waals surface area contributed by atoms with E-state index < -0.39 is 0 Å². The Morgan fingerprint density at radius 1 is 1.35 bits per heavy atom. The molecule has 2 aromatic heterocycles. The van der Waals surface area contributed by atoms with E-state index in [9.17, 15) is 4.79 Å². The van der Waals surface area contributed by atoms with E-state index in [2.05, 4.69) is 15.6 Å². The van der Waals surface area contributed by atoms with E-state index >= 15 is 0 Å². The summed E-state index contributed by atoms with van der Waals surface area (Å²) in [6.07, 6.45) is 6.20. The standard InChI is InChI=1S/C15H17N3O2/c1-11(2)17-14-7-5-12(10-16-14)18-15(19)8-6-13-4-3-9-20-13/h3-11H,1-2H3,(H,16,17)(H,18,19)/b8-6+. The summed E-state index contributed by atoms with van der Waals surface area (Å²) < 4.78 is 5.10. The van der Waals surface area contributed by atoms with Gasteiger partial charge < -0.3 is 15.1 Å². The van der Waals surface area contributed by atoms with Gasteiger partial charge in [0.25, 0.3) is 0 Å². The first-order chi connectivity index (χ1) is 9.63. The molecule has 104 valence electrons. The molecule has 2 aromatic rings. The van der Waals surface area contributed by atoms with Crippen molar-refractivity contribution in [2.75, 3.05) is 10.6 Å². The minimum Gasteiger partial charge on any atom is -0.465 e. The molecule has 2 N–H and O–H groups in total. The lowest BCUT2D eigenvalue weighted by Crippen LogP contribution is -2.12. The van der Waals surface area contributed by atoms with Gasteiger partial charge in [-0.2, -0.15) is 0 Å². The van der Waals surface area contributed by atoms with E-state index in [1.165, 1.54) is 6.08 Å². The summed E-state index contributed by atoms with van der Waals surface area (Å²) in [6, 6.07) is 7.49. The van der Waals surface area contributed by atoms with Crippen molar-refractivity contribution in [1.82, 2.24) is 4.98 Å². The van der Waals surface area contributed by atoms with Gasteiger partial charge in [-0.25, -0.2) is 4.98 Å². The van der Waals surface area contributed by atoms with Crippen LogP contribution in [-0.4, -0.2) is 16.9 Å². The highest BCUT2D eigenvalue weighted by Gasteiger charge is 2.00. The maximum atomic E-state index is 11.7. The van der Waals surface area contributed by atoms with Gasteiger partial charge in [-0.15, -0.1) is 0 Å². The van der Waals surface area contributed by atoms with Crippen LogP contribution in [0.4, 0.5) is 11.5 Å². The first kappa shape index (κ1) is 13.9. The molecule has 0 aliphatic rings. The van der Waals surface area contributed by atoms with Gasteiger partial charge in [0.2, 0.25) is 5.91 Å². The molecule has 0 aliphatic carbocycles. The Balaban J connectivity index is 1.91. The summed E-state index contributed by atoms with van der Waals surface area (Å²) in [5.41, 5.74) is 0.647. The van der Waals surface area contributed by atoms with Crippen LogP contribution in [0, 0.1) is 0 Å². The fraction of sp³-hybridized carbons (Fsp3) is 0.200. The topological polar surface area (TPSA) is 67.2 Å². The Kier molecular flexibility index (Phi) is 4.55. The third-order valence-electron chi connectivity index (χ3n) is 2.41. The molecule has 0 spiro atoms. The van der Waals surface area contributed by atoms with Crippen LogP contribution in [0.2, 0.25) is 0 Å². The number of aromatic nitrogens is 1. The monoisotopic (exact) mass is 271 g/mol. The molecule has 0 aromatic carbocycles. The minimum atomic E-state index is -0.229. The molecule has 0 aliphatic heterocycles. The molecular weight excluding hydrogens is 254 g/mol. The number of hydrogen-bond acceptors (Lipinski definition) is 4. The fourth-order valence-electron chi connectivity index (χ4n) is 1.58. The third kappa shape index (κ3) is 4.28. The molecule has 0 saturated carbocycles. The molecule has 0 atom stereocenters. The molecule has 0 fully saturated rings. The number of nitrogens with one attached hydrogen (secondary N) is 2. The quantitative estimate of drug-likeness (QED) is 0.820. The summed E-state index contributed by atoms with van der Waals surface area (Å²) in [4.78, 5) is 15.9. The van der Waals surface area contributed by atoms with Crippen LogP contribution in [0.25, 0.3) is 6.08 Å². The second-order valence-electron chi connectivity index (χ2n) is 4.57. The van der Waals surface area contributed by atoms with Gasteiger partial charge >= 0.3 is 0 Å². The lowest BCUT2D eigenvalue weighted by molar-refractivity contribution is -0.111. The average molecular weight is 271 g/mol. The minimum absolute atomic E-state index is 0.229. The predicted molar refractivity (Wildman–Crippen MR) is 79.4 cm³/mol. The van der Waals surface area contributed by atoms with Gasteiger partial charge in [0, 0.05) is 12.1 Å². The van der Waals surface area contributed by atoms with Gasteiger partial charge in [0.15, 0.2) is 0 Å². The number of furan rings is 1. The second-order valence-corrected chi connectivity index (χ2v) is 4.57. The lowest BCUT2D eigenvalue weighted by atomic mass is 10.3. The molecular formula is C15H17N3O2. The summed E-state index contributed by atoms with van der Waals surface area (Å²) in [5.74, 6) is 1.19. The van der Waals surface area contributed by atoms with Crippen molar-refractivity contribution in [2.45, 2.75) is 19.9 Å². The van der Waals surface area contributed by atoms with Crippen LogP contribution in [0.15, 0.2) is 47.2 Å². The van der Waals surface area contributed by atoms with Crippen LogP contribution in [0.5, 0.6) is 0 Å². The van der Waals surface area contributed by atoms with Crippen LogP contribution >= 0.6 is 0 Å². The zero-order valence-electron chi connectivity index (χ0n) is 11.5. The van der Waals surface area contributed by atoms with Crippen molar-refractivity contribution < 1.29 is 9.21 Å². The Morgan fingerprint density at radius 2 is 2.20 bits per heavy atom. The number of hydrogen-bond donors (Lipinski definition) is 2. The van der Waals surface area contributed by atoms with E-state index in [0.29, 0.717) is 17.5 Å². The second kappa shape index (κ2) is 6.56. The van der Waals surface area contributed by atoms with Crippen molar-refractivity contribution in [3.8, 4) is 0 Å². The molecule has 5 nitrogen and oxygen atoms in total. The highest BCUT2D eigenvalue weighted by molar-refractivity contribution is 6.01. The Bertz CT molecular complexity index is 572. The number of anilines is 2. The molecule has 0 bridgehead atoms. The van der Waals surface area contributed by atoms with Crippen molar-refractivity contribution in [3.63, 3.8) is 0 Å². The molecule has 0 saturated heterocycles. The lowest BCUT2D eigenvalue weighted by Gasteiger charge is -2.09. The molecule has 2 heterocycles. The predicted octanol–water partition coefficient (Wildman–Crippen LogP) is 3.15. The number of rotatable bonds is 5. The number of nitrogens with zero attached hydrogens (tertiary/aromatic N) is 1. The Morgan fingerprint density at radius 3 is 2.80 bits per heavy atom. The van der Waals surface area contributed by atoms with Gasteiger partial charge in [0.05, 0.1) is 18.1 Å². The van der Waals surface area contributed by atoms with Gasteiger partial charge in [-0.05, 0) is 44.2 Å².